The molecule has 1 aromatic carbocycles. The van der Waals surface area contributed by atoms with E-state index in [4.69, 9.17) is 21.1 Å². The fourth-order valence-corrected chi connectivity index (χ4v) is 5.23. The molecular formula is C21H24ClN5O4S. The number of benzene rings is 1. The maximum absolute atomic E-state index is 12.8. The summed E-state index contributed by atoms with van der Waals surface area (Å²) in [6.45, 7) is -0.263. The molecule has 1 fully saturated rings. The lowest BCUT2D eigenvalue weighted by molar-refractivity contribution is -0.117. The minimum Gasteiger partial charge on any atom is -0.495 e. The number of amides is 1. The summed E-state index contributed by atoms with van der Waals surface area (Å²) < 4.78 is 13.0. The van der Waals surface area contributed by atoms with Gasteiger partial charge in [-0.25, -0.2) is 18.9 Å². The predicted octanol–water partition coefficient (Wildman–Crippen LogP) is 3.63. The Labute approximate surface area is 194 Å². The Balaban J connectivity index is 1.55. The number of thioether (sulfide) groups is 1. The molecule has 0 radical (unpaired) electrons. The number of carbonyl (C=O) groups is 1. The average Bonchev–Trinajstić information content (AvgIpc) is 3.11. The minimum absolute atomic E-state index is 0.263. The highest BCUT2D eigenvalue weighted by atomic mass is 35.5. The van der Waals surface area contributed by atoms with Crippen molar-refractivity contribution in [2.24, 2.45) is 0 Å². The Hall–Kier alpha value is -2.72. The summed E-state index contributed by atoms with van der Waals surface area (Å²) in [6, 6.07) is 3.11. The van der Waals surface area contributed by atoms with Crippen LogP contribution in [-0.4, -0.2) is 44.5 Å². The molecule has 32 heavy (non-hydrogen) atoms. The molecule has 0 unspecified atom stereocenters. The average molecular weight is 478 g/mol. The number of ether oxygens (including phenoxy) is 2. The van der Waals surface area contributed by atoms with Crippen LogP contribution >= 0.6 is 23.4 Å². The number of nitrogens with one attached hydrogen (secondary N) is 1. The van der Waals surface area contributed by atoms with Gasteiger partial charge in [-0.1, -0.05) is 42.6 Å². The maximum atomic E-state index is 12.8. The smallest absolute Gasteiger partial charge is 0.350 e. The number of anilines is 1. The lowest BCUT2D eigenvalue weighted by atomic mass is 10.0. The van der Waals surface area contributed by atoms with Gasteiger partial charge in [-0.3, -0.25) is 4.79 Å². The third-order valence-corrected chi connectivity index (χ3v) is 6.95. The first kappa shape index (κ1) is 22.5. The van der Waals surface area contributed by atoms with E-state index < -0.39 is 11.6 Å². The summed E-state index contributed by atoms with van der Waals surface area (Å²) in [5, 5.41) is 8.61. The molecule has 1 amide bonds. The molecule has 1 saturated carbocycles. The predicted molar refractivity (Wildman–Crippen MR) is 123 cm³/mol. The molecular weight excluding hydrogens is 454 g/mol. The van der Waals surface area contributed by atoms with E-state index in [1.807, 2.05) is 0 Å². The molecule has 2 heterocycles. The Bertz CT molecular complexity index is 1190. The van der Waals surface area contributed by atoms with Crippen LogP contribution in [0.4, 0.5) is 5.69 Å². The highest BCUT2D eigenvalue weighted by Gasteiger charge is 2.20. The second kappa shape index (κ2) is 9.83. The zero-order chi connectivity index (χ0) is 22.7. The van der Waals surface area contributed by atoms with Crippen LogP contribution < -0.4 is 20.5 Å². The summed E-state index contributed by atoms with van der Waals surface area (Å²) in [7, 11) is 2.97. The van der Waals surface area contributed by atoms with Crippen LogP contribution in [-0.2, 0) is 11.3 Å². The lowest BCUT2D eigenvalue weighted by Gasteiger charge is -2.20. The van der Waals surface area contributed by atoms with Crippen LogP contribution in [0.2, 0.25) is 5.02 Å². The quantitative estimate of drug-likeness (QED) is 0.554. The van der Waals surface area contributed by atoms with Crippen LogP contribution in [0.15, 0.2) is 34.3 Å². The summed E-state index contributed by atoms with van der Waals surface area (Å²) in [5.41, 5.74) is 0.434. The Morgan fingerprint density at radius 1 is 1.22 bits per heavy atom. The highest BCUT2D eigenvalue weighted by molar-refractivity contribution is 8.00. The molecule has 0 bridgehead atoms. The molecule has 11 heteroatoms. The van der Waals surface area contributed by atoms with Gasteiger partial charge in [0.05, 0.1) is 24.9 Å². The summed E-state index contributed by atoms with van der Waals surface area (Å²) >= 11 is 7.82. The van der Waals surface area contributed by atoms with Gasteiger partial charge in [0.2, 0.25) is 5.91 Å². The van der Waals surface area contributed by atoms with Gasteiger partial charge in [-0.2, -0.15) is 0 Å². The first-order chi connectivity index (χ1) is 15.5. The number of halogens is 1. The molecule has 4 rings (SSSR count). The van der Waals surface area contributed by atoms with E-state index >= 15 is 0 Å². The van der Waals surface area contributed by atoms with Crippen LogP contribution in [0.5, 0.6) is 11.5 Å². The highest BCUT2D eigenvalue weighted by Crippen LogP contribution is 2.36. The zero-order valence-corrected chi connectivity index (χ0v) is 19.4. The molecule has 0 atom stereocenters. The van der Waals surface area contributed by atoms with Gasteiger partial charge in [0.15, 0.2) is 5.65 Å². The van der Waals surface area contributed by atoms with Crippen molar-refractivity contribution >= 4 is 40.6 Å². The Morgan fingerprint density at radius 2 is 1.97 bits per heavy atom. The SMILES string of the molecule is COc1cc(OC)c(NC(=O)Cn2nc3c(SC4CCCCC4)nccn3c2=O)cc1Cl. The molecule has 0 saturated heterocycles. The number of carbonyl (C=O) groups excluding carboxylic acids is 1. The Kier molecular flexibility index (Phi) is 6.90. The van der Waals surface area contributed by atoms with Crippen LogP contribution in [0.1, 0.15) is 32.1 Å². The van der Waals surface area contributed by atoms with Crippen molar-refractivity contribution in [3.8, 4) is 11.5 Å². The van der Waals surface area contributed by atoms with Crippen LogP contribution in [0.25, 0.3) is 5.65 Å². The molecule has 1 aliphatic carbocycles. The molecule has 2 aromatic heterocycles. The number of hydrogen-bond acceptors (Lipinski definition) is 7. The fourth-order valence-electron chi connectivity index (χ4n) is 3.74. The van der Waals surface area contributed by atoms with Crippen molar-refractivity contribution in [1.82, 2.24) is 19.2 Å². The van der Waals surface area contributed by atoms with E-state index in [1.165, 1.54) is 43.9 Å². The molecule has 9 nitrogen and oxygen atoms in total. The number of fused-ring (bicyclic) bond motifs is 1. The zero-order valence-electron chi connectivity index (χ0n) is 17.8. The van der Waals surface area contributed by atoms with Gasteiger partial charge in [-0.15, -0.1) is 5.10 Å². The standard InChI is InChI=1S/C21H24ClN5O4S/c1-30-16-11-17(31-2)15(10-14(16)22)24-18(28)12-27-21(29)26-9-8-23-20(19(26)25-27)32-13-6-4-3-5-7-13/h8-11,13H,3-7,12H2,1-2H3,(H,24,28). The summed E-state index contributed by atoms with van der Waals surface area (Å²) in [4.78, 5) is 29.9. The van der Waals surface area contributed by atoms with Gasteiger partial charge < -0.3 is 14.8 Å². The minimum atomic E-state index is -0.440. The number of rotatable bonds is 7. The van der Waals surface area contributed by atoms with E-state index in [0.717, 1.165) is 17.5 Å². The van der Waals surface area contributed by atoms with Crippen molar-refractivity contribution < 1.29 is 14.3 Å². The van der Waals surface area contributed by atoms with E-state index in [2.05, 4.69) is 15.4 Å². The fraction of sp³-hybridized carbons (Fsp3) is 0.429. The maximum Gasteiger partial charge on any atom is 0.350 e. The van der Waals surface area contributed by atoms with Crippen molar-refractivity contribution in [2.75, 3.05) is 19.5 Å². The first-order valence-electron chi connectivity index (χ1n) is 10.3. The number of nitrogens with zero attached hydrogens (tertiary/aromatic N) is 4. The molecule has 170 valence electrons. The van der Waals surface area contributed by atoms with Gasteiger partial charge in [0.25, 0.3) is 0 Å². The van der Waals surface area contributed by atoms with Gasteiger partial charge in [0, 0.05) is 23.7 Å². The molecule has 1 aliphatic rings. The van der Waals surface area contributed by atoms with Crippen LogP contribution in [0, 0.1) is 0 Å². The van der Waals surface area contributed by atoms with Crippen molar-refractivity contribution in [2.45, 2.75) is 48.9 Å². The third-order valence-electron chi connectivity index (χ3n) is 5.34. The number of aromatic nitrogens is 4. The van der Waals surface area contributed by atoms with E-state index in [9.17, 15) is 9.59 Å². The monoisotopic (exact) mass is 477 g/mol. The van der Waals surface area contributed by atoms with E-state index in [1.54, 1.807) is 30.2 Å². The number of hydrogen-bond donors (Lipinski definition) is 1. The topological polar surface area (TPSA) is 99.8 Å². The van der Waals surface area contributed by atoms with E-state index in [-0.39, 0.29) is 6.54 Å². The first-order valence-corrected chi connectivity index (χ1v) is 11.6. The van der Waals surface area contributed by atoms with Crippen molar-refractivity contribution in [1.29, 1.82) is 0 Å². The van der Waals surface area contributed by atoms with Crippen molar-refractivity contribution in [3.63, 3.8) is 0 Å². The molecule has 0 aliphatic heterocycles. The van der Waals surface area contributed by atoms with Gasteiger partial charge in [-0.05, 0) is 18.9 Å². The normalized spacial score (nSPS) is 14.5. The Morgan fingerprint density at radius 3 is 2.69 bits per heavy atom. The second-order valence-electron chi connectivity index (χ2n) is 7.48. The van der Waals surface area contributed by atoms with Crippen LogP contribution in [0.3, 0.4) is 0 Å². The van der Waals surface area contributed by atoms with Gasteiger partial charge in [0.1, 0.15) is 23.1 Å². The van der Waals surface area contributed by atoms with Gasteiger partial charge >= 0.3 is 5.69 Å². The molecule has 3 aromatic rings. The third kappa shape index (κ3) is 4.71. The second-order valence-corrected chi connectivity index (χ2v) is 9.18. The van der Waals surface area contributed by atoms with E-state index in [0.29, 0.717) is 38.1 Å². The lowest BCUT2D eigenvalue weighted by Crippen LogP contribution is -2.28. The number of methoxy groups -OCH3 is 2. The van der Waals surface area contributed by atoms with Crippen molar-refractivity contribution in [3.05, 3.63) is 40.0 Å². The molecule has 0 spiro atoms. The summed E-state index contributed by atoms with van der Waals surface area (Å²) in [6.07, 6.45) is 9.11. The molecule has 1 N–H and O–H groups in total. The summed E-state index contributed by atoms with van der Waals surface area (Å²) in [5.74, 6) is 0.371. The largest absolute Gasteiger partial charge is 0.495 e.